The fourth-order valence-electron chi connectivity index (χ4n) is 3.49. The number of hydrogen-bond acceptors (Lipinski definition) is 5. The van der Waals surface area contributed by atoms with E-state index in [4.69, 9.17) is 0 Å². The monoisotopic (exact) mass is 345 g/mol. The maximum atomic E-state index is 12.7. The third-order valence-corrected chi connectivity index (χ3v) is 5.87. The zero-order valence-electron chi connectivity index (χ0n) is 13.5. The maximum absolute atomic E-state index is 12.7. The molecule has 2 aliphatic rings. The Kier molecular flexibility index (Phi) is 3.64. The summed E-state index contributed by atoms with van der Waals surface area (Å²) in [4.78, 5) is 30.5. The van der Waals surface area contributed by atoms with Gasteiger partial charge < -0.3 is 10.2 Å². The van der Waals surface area contributed by atoms with Crippen LogP contribution in [0.15, 0.2) is 17.8 Å². The molecular weight excluding hydrogens is 326 g/mol. The Morgan fingerprint density at radius 3 is 2.79 bits per heavy atom. The number of hydrogen-bond donors (Lipinski definition) is 1. The molecule has 2 aromatic rings. The molecule has 2 aliphatic heterocycles. The first kappa shape index (κ1) is 15.3. The molecular formula is C16H19N5O2S. The Hall–Kier alpha value is -2.22. The quantitative estimate of drug-likeness (QED) is 0.889. The van der Waals surface area contributed by atoms with Gasteiger partial charge in [0.25, 0.3) is 5.91 Å². The summed E-state index contributed by atoms with van der Waals surface area (Å²) < 4.78 is 1.72. The van der Waals surface area contributed by atoms with Crippen molar-refractivity contribution in [3.63, 3.8) is 0 Å². The fraction of sp³-hybridized carbons (Fsp3) is 0.500. The van der Waals surface area contributed by atoms with Crippen molar-refractivity contribution in [1.29, 1.82) is 0 Å². The highest BCUT2D eigenvalue weighted by Crippen LogP contribution is 2.37. The minimum Gasteiger partial charge on any atom is -0.356 e. The van der Waals surface area contributed by atoms with E-state index >= 15 is 0 Å². The SMILES string of the molecule is Cn1cc(-c2nc(C(=O)N3CCC4(CC3)CNC(=O)C4)cs2)cn1. The van der Waals surface area contributed by atoms with Gasteiger partial charge in [-0.05, 0) is 18.3 Å². The second-order valence-electron chi connectivity index (χ2n) is 6.69. The minimum atomic E-state index is -0.0199. The van der Waals surface area contributed by atoms with Gasteiger partial charge in [-0.3, -0.25) is 14.3 Å². The van der Waals surface area contributed by atoms with Crippen LogP contribution in [-0.4, -0.2) is 51.1 Å². The first-order valence-corrected chi connectivity index (χ1v) is 8.93. The van der Waals surface area contributed by atoms with Crippen molar-refractivity contribution in [3.8, 4) is 10.6 Å². The number of thiazole rings is 1. The third kappa shape index (κ3) is 2.71. The number of piperidine rings is 1. The molecule has 1 spiro atoms. The van der Waals surface area contributed by atoms with Gasteiger partial charge in [0.2, 0.25) is 5.91 Å². The van der Waals surface area contributed by atoms with Crippen LogP contribution in [0.3, 0.4) is 0 Å². The summed E-state index contributed by atoms with van der Waals surface area (Å²) >= 11 is 1.46. The van der Waals surface area contributed by atoms with Gasteiger partial charge in [0, 0.05) is 50.2 Å². The fourth-order valence-corrected chi connectivity index (χ4v) is 4.26. The number of aromatic nitrogens is 3. The number of amides is 2. The van der Waals surface area contributed by atoms with Crippen LogP contribution in [0, 0.1) is 5.41 Å². The number of carbonyl (C=O) groups excluding carboxylic acids is 2. The van der Waals surface area contributed by atoms with Gasteiger partial charge in [-0.25, -0.2) is 4.98 Å². The van der Waals surface area contributed by atoms with Crippen molar-refractivity contribution in [2.45, 2.75) is 19.3 Å². The minimum absolute atomic E-state index is 0.0199. The van der Waals surface area contributed by atoms with Crippen LogP contribution < -0.4 is 5.32 Å². The Labute approximate surface area is 143 Å². The molecule has 2 amide bonds. The molecule has 2 fully saturated rings. The van der Waals surface area contributed by atoms with Crippen molar-refractivity contribution < 1.29 is 9.59 Å². The van der Waals surface area contributed by atoms with E-state index in [1.165, 1.54) is 11.3 Å². The van der Waals surface area contributed by atoms with Gasteiger partial charge in [0.15, 0.2) is 0 Å². The Bertz CT molecular complexity index is 788. The summed E-state index contributed by atoms with van der Waals surface area (Å²) in [5, 5.41) is 9.68. The van der Waals surface area contributed by atoms with Crippen molar-refractivity contribution in [2.75, 3.05) is 19.6 Å². The molecule has 7 nitrogen and oxygen atoms in total. The maximum Gasteiger partial charge on any atom is 0.273 e. The lowest BCUT2D eigenvalue weighted by atomic mass is 9.77. The molecule has 1 N–H and O–H groups in total. The molecule has 0 aromatic carbocycles. The molecule has 0 atom stereocenters. The van der Waals surface area contributed by atoms with Gasteiger partial charge in [-0.1, -0.05) is 0 Å². The number of carbonyl (C=O) groups is 2. The summed E-state index contributed by atoms with van der Waals surface area (Å²) in [6.07, 6.45) is 5.98. The first-order chi connectivity index (χ1) is 11.5. The summed E-state index contributed by atoms with van der Waals surface area (Å²) in [6, 6.07) is 0. The number of aryl methyl sites for hydroxylation is 1. The second kappa shape index (κ2) is 5.70. The molecule has 24 heavy (non-hydrogen) atoms. The van der Waals surface area contributed by atoms with Crippen LogP contribution >= 0.6 is 11.3 Å². The predicted octanol–water partition coefficient (Wildman–Crippen LogP) is 1.29. The molecule has 126 valence electrons. The zero-order valence-corrected chi connectivity index (χ0v) is 14.3. The number of nitrogens with one attached hydrogen (secondary N) is 1. The number of nitrogens with zero attached hydrogens (tertiary/aromatic N) is 4. The van der Waals surface area contributed by atoms with Gasteiger partial charge in [-0.2, -0.15) is 5.10 Å². The van der Waals surface area contributed by atoms with Gasteiger partial charge in [0.1, 0.15) is 10.7 Å². The summed E-state index contributed by atoms with van der Waals surface area (Å²) in [7, 11) is 1.86. The van der Waals surface area contributed by atoms with Crippen molar-refractivity contribution in [1.82, 2.24) is 25.0 Å². The lowest BCUT2D eigenvalue weighted by Crippen LogP contribution is -2.44. The van der Waals surface area contributed by atoms with Crippen molar-refractivity contribution in [2.24, 2.45) is 12.5 Å². The van der Waals surface area contributed by atoms with Gasteiger partial charge >= 0.3 is 0 Å². The third-order valence-electron chi connectivity index (χ3n) is 4.98. The molecule has 0 radical (unpaired) electrons. The standard InChI is InChI=1S/C16H19N5O2S/c1-20-8-11(7-18-20)14-19-12(9-24-14)15(23)21-4-2-16(3-5-21)6-13(22)17-10-16/h7-9H,2-6,10H2,1H3,(H,17,22). The lowest BCUT2D eigenvalue weighted by molar-refractivity contribution is -0.119. The van der Waals surface area contributed by atoms with Gasteiger partial charge in [0.05, 0.1) is 6.20 Å². The lowest BCUT2D eigenvalue weighted by Gasteiger charge is -2.37. The average Bonchev–Trinajstić information content (AvgIpc) is 3.28. The van der Waals surface area contributed by atoms with E-state index in [1.54, 1.807) is 10.9 Å². The Balaban J connectivity index is 1.43. The van der Waals surface area contributed by atoms with E-state index < -0.39 is 0 Å². The summed E-state index contributed by atoms with van der Waals surface area (Å²) in [5.41, 5.74) is 1.47. The highest BCUT2D eigenvalue weighted by atomic mass is 32.1. The van der Waals surface area contributed by atoms with Crippen LogP contribution in [-0.2, 0) is 11.8 Å². The summed E-state index contributed by atoms with van der Waals surface area (Å²) in [6.45, 7) is 2.12. The van der Waals surface area contributed by atoms with Gasteiger partial charge in [-0.15, -0.1) is 11.3 Å². The number of likely N-dealkylation sites (tertiary alicyclic amines) is 1. The molecule has 2 aromatic heterocycles. The van der Waals surface area contributed by atoms with E-state index in [2.05, 4.69) is 15.4 Å². The van der Waals surface area contributed by atoms with E-state index in [9.17, 15) is 9.59 Å². The molecule has 0 bridgehead atoms. The van der Waals surface area contributed by atoms with E-state index in [0.29, 0.717) is 25.2 Å². The predicted molar refractivity (Wildman–Crippen MR) is 89.5 cm³/mol. The Morgan fingerprint density at radius 2 is 2.17 bits per heavy atom. The average molecular weight is 345 g/mol. The molecule has 0 saturated carbocycles. The largest absolute Gasteiger partial charge is 0.356 e. The van der Waals surface area contributed by atoms with E-state index in [1.807, 2.05) is 23.5 Å². The smallest absolute Gasteiger partial charge is 0.273 e. The normalized spacial score (nSPS) is 19.7. The van der Waals surface area contributed by atoms with E-state index in [-0.39, 0.29) is 17.2 Å². The highest BCUT2D eigenvalue weighted by molar-refractivity contribution is 7.13. The zero-order chi connectivity index (χ0) is 16.7. The van der Waals surface area contributed by atoms with E-state index in [0.717, 1.165) is 30.0 Å². The second-order valence-corrected chi connectivity index (χ2v) is 7.54. The molecule has 4 rings (SSSR count). The number of rotatable bonds is 2. The van der Waals surface area contributed by atoms with Crippen molar-refractivity contribution >= 4 is 23.2 Å². The molecule has 8 heteroatoms. The van der Waals surface area contributed by atoms with Crippen LogP contribution in [0.4, 0.5) is 0 Å². The van der Waals surface area contributed by atoms with Crippen LogP contribution in [0.2, 0.25) is 0 Å². The topological polar surface area (TPSA) is 80.1 Å². The van der Waals surface area contributed by atoms with Crippen LogP contribution in [0.5, 0.6) is 0 Å². The summed E-state index contributed by atoms with van der Waals surface area (Å²) in [5.74, 6) is 0.115. The van der Waals surface area contributed by atoms with Crippen LogP contribution in [0.25, 0.3) is 10.6 Å². The van der Waals surface area contributed by atoms with Crippen LogP contribution in [0.1, 0.15) is 29.8 Å². The molecule has 0 unspecified atom stereocenters. The highest BCUT2D eigenvalue weighted by Gasteiger charge is 2.41. The first-order valence-electron chi connectivity index (χ1n) is 8.05. The molecule has 4 heterocycles. The molecule has 2 saturated heterocycles. The van der Waals surface area contributed by atoms with Crippen molar-refractivity contribution in [3.05, 3.63) is 23.5 Å². The Morgan fingerprint density at radius 1 is 1.38 bits per heavy atom. The molecule has 0 aliphatic carbocycles.